The highest BCUT2D eigenvalue weighted by Crippen LogP contribution is 2.24. The molecular formula is C15H29NO4. The van der Waals surface area contributed by atoms with Crippen LogP contribution in [0.4, 0.5) is 4.79 Å². The van der Waals surface area contributed by atoms with Crippen molar-refractivity contribution in [1.82, 2.24) is 4.90 Å². The molecule has 0 spiro atoms. The molecule has 1 heterocycles. The number of ether oxygens (including phenoxy) is 2. The second-order valence-electron chi connectivity index (χ2n) is 6.99. The van der Waals surface area contributed by atoms with E-state index >= 15 is 0 Å². The van der Waals surface area contributed by atoms with Gasteiger partial charge in [-0.25, -0.2) is 4.79 Å². The van der Waals surface area contributed by atoms with Gasteiger partial charge in [0, 0.05) is 18.0 Å². The van der Waals surface area contributed by atoms with Gasteiger partial charge in [-0.3, -0.25) is 0 Å². The van der Waals surface area contributed by atoms with Crippen molar-refractivity contribution in [3.05, 3.63) is 0 Å². The van der Waals surface area contributed by atoms with Crippen LogP contribution in [-0.4, -0.2) is 47.2 Å². The van der Waals surface area contributed by atoms with Gasteiger partial charge in [0.1, 0.15) is 0 Å². The van der Waals surface area contributed by atoms with Gasteiger partial charge in [0.05, 0.1) is 13.2 Å². The van der Waals surface area contributed by atoms with E-state index in [0.29, 0.717) is 12.5 Å². The molecule has 0 aromatic rings. The molecule has 1 rings (SSSR count). The van der Waals surface area contributed by atoms with Crippen LogP contribution in [0.5, 0.6) is 0 Å². The fourth-order valence-corrected chi connectivity index (χ4v) is 2.31. The molecule has 1 amide bonds. The minimum Gasteiger partial charge on any atom is -0.465 e. The van der Waals surface area contributed by atoms with Gasteiger partial charge in [0.2, 0.25) is 0 Å². The van der Waals surface area contributed by atoms with E-state index in [0.717, 1.165) is 32.5 Å². The maximum Gasteiger partial charge on any atom is 0.407 e. The second-order valence-corrected chi connectivity index (χ2v) is 6.99. The minimum atomic E-state index is -0.844. The Morgan fingerprint density at radius 1 is 1.25 bits per heavy atom. The molecule has 0 aromatic heterocycles. The van der Waals surface area contributed by atoms with Crippen LogP contribution in [0.25, 0.3) is 0 Å². The molecule has 5 nitrogen and oxygen atoms in total. The molecule has 0 atom stereocenters. The minimum absolute atomic E-state index is 0.340. The van der Waals surface area contributed by atoms with Crippen LogP contribution in [0.15, 0.2) is 0 Å². The van der Waals surface area contributed by atoms with Crippen molar-refractivity contribution in [3.8, 4) is 0 Å². The van der Waals surface area contributed by atoms with E-state index in [4.69, 9.17) is 9.47 Å². The number of hydrogen-bond donors (Lipinski definition) is 1. The quantitative estimate of drug-likeness (QED) is 0.788. The predicted molar refractivity (Wildman–Crippen MR) is 77.8 cm³/mol. The van der Waals surface area contributed by atoms with E-state index in [-0.39, 0.29) is 5.54 Å². The van der Waals surface area contributed by atoms with E-state index in [1.807, 2.05) is 34.6 Å². The Bertz CT molecular complexity index is 312. The smallest absolute Gasteiger partial charge is 0.407 e. The zero-order chi connectivity index (χ0) is 15.4. The Morgan fingerprint density at radius 2 is 1.80 bits per heavy atom. The first kappa shape index (κ1) is 17.2. The van der Waals surface area contributed by atoms with Gasteiger partial charge >= 0.3 is 6.09 Å². The van der Waals surface area contributed by atoms with Gasteiger partial charge in [0.25, 0.3) is 0 Å². The van der Waals surface area contributed by atoms with Crippen LogP contribution in [-0.2, 0) is 9.47 Å². The van der Waals surface area contributed by atoms with E-state index in [1.165, 1.54) is 4.90 Å². The van der Waals surface area contributed by atoms with Crippen molar-refractivity contribution >= 4 is 6.09 Å². The van der Waals surface area contributed by atoms with Crippen LogP contribution in [0, 0.1) is 5.92 Å². The third kappa shape index (κ3) is 5.67. The first-order valence-electron chi connectivity index (χ1n) is 7.40. The topological polar surface area (TPSA) is 59.0 Å². The van der Waals surface area contributed by atoms with Crippen LogP contribution >= 0.6 is 0 Å². The molecule has 0 bridgehead atoms. The Hall–Kier alpha value is -0.810. The standard InChI is InChI=1S/C15H29NO4/c1-14(2,3)16(13(17)18)9-7-6-8-12-10-19-15(4,5)20-11-12/h12H,6-11H2,1-5H3,(H,17,18). The highest BCUT2D eigenvalue weighted by Gasteiger charge is 2.28. The lowest BCUT2D eigenvalue weighted by Gasteiger charge is -2.35. The number of hydrogen-bond acceptors (Lipinski definition) is 3. The first-order valence-corrected chi connectivity index (χ1v) is 7.40. The summed E-state index contributed by atoms with van der Waals surface area (Å²) in [5, 5.41) is 9.20. The van der Waals surface area contributed by atoms with Crippen LogP contribution in [0.3, 0.4) is 0 Å². The Labute approximate surface area is 122 Å². The predicted octanol–water partition coefficient (Wildman–Crippen LogP) is 3.33. The number of carbonyl (C=O) groups is 1. The van der Waals surface area contributed by atoms with Gasteiger partial charge in [-0.05, 0) is 47.5 Å². The largest absolute Gasteiger partial charge is 0.465 e. The molecule has 0 aliphatic carbocycles. The van der Waals surface area contributed by atoms with Crippen LogP contribution in [0.1, 0.15) is 53.9 Å². The Morgan fingerprint density at radius 3 is 2.25 bits per heavy atom. The molecule has 1 aliphatic heterocycles. The summed E-state index contributed by atoms with van der Waals surface area (Å²) in [6.07, 6.45) is 2.05. The second kappa shape index (κ2) is 6.76. The zero-order valence-electron chi connectivity index (χ0n) is 13.4. The lowest BCUT2D eigenvalue weighted by molar-refractivity contribution is -0.262. The van der Waals surface area contributed by atoms with E-state index in [1.54, 1.807) is 0 Å². The summed E-state index contributed by atoms with van der Waals surface area (Å²) in [5.74, 6) is -0.0287. The summed E-state index contributed by atoms with van der Waals surface area (Å²) < 4.78 is 11.2. The van der Waals surface area contributed by atoms with Crippen LogP contribution in [0.2, 0.25) is 0 Å². The number of nitrogens with zero attached hydrogens (tertiary/aromatic N) is 1. The summed E-state index contributed by atoms with van der Waals surface area (Å²) in [4.78, 5) is 12.7. The van der Waals surface area contributed by atoms with Gasteiger partial charge in [-0.15, -0.1) is 0 Å². The van der Waals surface area contributed by atoms with Gasteiger partial charge in [0.15, 0.2) is 5.79 Å². The van der Waals surface area contributed by atoms with E-state index in [2.05, 4.69) is 0 Å². The lowest BCUT2D eigenvalue weighted by Crippen LogP contribution is -2.45. The lowest BCUT2D eigenvalue weighted by atomic mass is 10.0. The maximum absolute atomic E-state index is 11.2. The molecule has 20 heavy (non-hydrogen) atoms. The molecule has 0 radical (unpaired) electrons. The molecular weight excluding hydrogens is 258 g/mol. The van der Waals surface area contributed by atoms with Crippen molar-refractivity contribution in [3.63, 3.8) is 0 Å². The number of carboxylic acid groups (broad SMARTS) is 1. The van der Waals surface area contributed by atoms with Crippen molar-refractivity contribution < 1.29 is 19.4 Å². The molecule has 5 heteroatoms. The van der Waals surface area contributed by atoms with Crippen molar-refractivity contribution in [2.24, 2.45) is 5.92 Å². The van der Waals surface area contributed by atoms with Crippen molar-refractivity contribution in [2.45, 2.75) is 65.2 Å². The maximum atomic E-state index is 11.2. The van der Waals surface area contributed by atoms with E-state index < -0.39 is 11.9 Å². The summed E-state index contributed by atoms with van der Waals surface area (Å²) in [6.45, 7) is 11.7. The van der Waals surface area contributed by atoms with Crippen molar-refractivity contribution in [1.29, 1.82) is 0 Å². The third-order valence-corrected chi connectivity index (χ3v) is 3.62. The average molecular weight is 287 g/mol. The summed E-state index contributed by atoms with van der Waals surface area (Å²) in [6, 6.07) is 0. The first-order chi connectivity index (χ1) is 9.12. The fourth-order valence-electron chi connectivity index (χ4n) is 2.31. The summed E-state index contributed by atoms with van der Waals surface area (Å²) in [7, 11) is 0. The highest BCUT2D eigenvalue weighted by atomic mass is 16.7. The molecule has 118 valence electrons. The normalized spacial score (nSPS) is 19.9. The number of unbranched alkanes of at least 4 members (excludes halogenated alkanes) is 1. The molecule has 0 saturated carbocycles. The zero-order valence-corrected chi connectivity index (χ0v) is 13.4. The molecule has 1 saturated heterocycles. The summed E-state index contributed by atoms with van der Waals surface area (Å²) in [5.41, 5.74) is -0.340. The number of amides is 1. The average Bonchev–Trinajstić information content (AvgIpc) is 2.28. The Kier molecular flexibility index (Phi) is 5.83. The monoisotopic (exact) mass is 287 g/mol. The van der Waals surface area contributed by atoms with Gasteiger partial charge in [-0.2, -0.15) is 0 Å². The Balaban J connectivity index is 2.23. The number of rotatable bonds is 5. The third-order valence-electron chi connectivity index (χ3n) is 3.62. The molecule has 1 aliphatic rings. The molecule has 0 aromatic carbocycles. The van der Waals surface area contributed by atoms with Gasteiger partial charge < -0.3 is 19.5 Å². The van der Waals surface area contributed by atoms with E-state index in [9.17, 15) is 9.90 Å². The molecule has 1 fully saturated rings. The van der Waals surface area contributed by atoms with Crippen LogP contribution < -0.4 is 0 Å². The highest BCUT2D eigenvalue weighted by molar-refractivity contribution is 5.65. The molecule has 0 unspecified atom stereocenters. The SMILES string of the molecule is CC1(C)OCC(CCCCN(C(=O)O)C(C)(C)C)CO1. The fraction of sp³-hybridized carbons (Fsp3) is 0.933. The summed E-state index contributed by atoms with van der Waals surface area (Å²) >= 11 is 0. The molecule has 1 N–H and O–H groups in total. The van der Waals surface area contributed by atoms with Gasteiger partial charge in [-0.1, -0.05) is 6.42 Å². The van der Waals surface area contributed by atoms with Crippen molar-refractivity contribution in [2.75, 3.05) is 19.8 Å².